The van der Waals surface area contributed by atoms with Crippen molar-refractivity contribution in [2.45, 2.75) is 26.8 Å². The Balaban J connectivity index is 1.98. The number of halogens is 1. The third kappa shape index (κ3) is 5.49. The molecule has 0 aliphatic heterocycles. The second-order valence-electron chi connectivity index (χ2n) is 6.03. The van der Waals surface area contributed by atoms with Gasteiger partial charge in [0.05, 0.1) is 12.8 Å². The molecule has 0 heterocycles. The van der Waals surface area contributed by atoms with E-state index in [0.29, 0.717) is 29.5 Å². The summed E-state index contributed by atoms with van der Waals surface area (Å²) in [6.45, 7) is 4.18. The number of hydrogen-bond acceptors (Lipinski definition) is 3. The van der Waals surface area contributed by atoms with E-state index in [1.54, 1.807) is 17.0 Å². The topological polar surface area (TPSA) is 58.6 Å². The van der Waals surface area contributed by atoms with Gasteiger partial charge in [0, 0.05) is 37.5 Å². The summed E-state index contributed by atoms with van der Waals surface area (Å²) < 4.78 is 5.26. The minimum Gasteiger partial charge on any atom is -0.495 e. The Bertz CT molecular complexity index is 778. The Hall–Kier alpha value is -2.53. The molecule has 0 aliphatic rings. The van der Waals surface area contributed by atoms with Crippen LogP contribution in [-0.2, 0) is 16.1 Å². The fourth-order valence-electron chi connectivity index (χ4n) is 2.53. The highest BCUT2D eigenvalue weighted by Crippen LogP contribution is 2.31. The lowest BCUT2D eigenvalue weighted by molar-refractivity contribution is -0.129. The van der Waals surface area contributed by atoms with Crippen LogP contribution >= 0.6 is 11.6 Å². The minimum absolute atomic E-state index is 0.0680. The second-order valence-corrected chi connectivity index (χ2v) is 6.43. The molecule has 0 saturated heterocycles. The Morgan fingerprint density at radius 1 is 1.19 bits per heavy atom. The van der Waals surface area contributed by atoms with E-state index >= 15 is 0 Å². The number of amides is 2. The lowest BCUT2D eigenvalue weighted by atomic mass is 10.2. The van der Waals surface area contributed by atoms with E-state index in [2.05, 4.69) is 5.32 Å². The van der Waals surface area contributed by atoms with E-state index in [1.165, 1.54) is 14.0 Å². The van der Waals surface area contributed by atoms with Crippen LogP contribution < -0.4 is 10.1 Å². The average Bonchev–Trinajstić information content (AvgIpc) is 2.62. The van der Waals surface area contributed by atoms with Gasteiger partial charge in [-0.15, -0.1) is 0 Å². The van der Waals surface area contributed by atoms with Gasteiger partial charge >= 0.3 is 0 Å². The quantitative estimate of drug-likeness (QED) is 0.795. The van der Waals surface area contributed by atoms with Crippen molar-refractivity contribution in [3.05, 3.63) is 58.6 Å². The Labute approximate surface area is 158 Å². The van der Waals surface area contributed by atoms with Gasteiger partial charge in [0.2, 0.25) is 11.8 Å². The maximum atomic E-state index is 12.3. The van der Waals surface area contributed by atoms with Crippen LogP contribution in [-0.4, -0.2) is 30.4 Å². The second kappa shape index (κ2) is 9.25. The molecule has 6 heteroatoms. The lowest BCUT2D eigenvalue weighted by Crippen LogP contribution is -2.31. The molecule has 0 bridgehead atoms. The van der Waals surface area contributed by atoms with E-state index < -0.39 is 0 Å². The first-order valence-electron chi connectivity index (χ1n) is 8.34. The monoisotopic (exact) mass is 374 g/mol. The van der Waals surface area contributed by atoms with E-state index in [9.17, 15) is 9.59 Å². The van der Waals surface area contributed by atoms with Crippen molar-refractivity contribution in [1.82, 2.24) is 4.90 Å². The fraction of sp³-hybridized carbons (Fsp3) is 0.300. The first kappa shape index (κ1) is 19.8. The number of benzene rings is 2. The molecular formula is C20H23ClN2O3. The zero-order valence-corrected chi connectivity index (χ0v) is 16.0. The number of carbonyl (C=O) groups is 2. The van der Waals surface area contributed by atoms with Gasteiger partial charge in [-0.05, 0) is 24.1 Å². The lowest BCUT2D eigenvalue weighted by Gasteiger charge is -2.21. The van der Waals surface area contributed by atoms with Crippen LogP contribution in [0.25, 0.3) is 0 Å². The normalized spacial score (nSPS) is 10.3. The standard InChI is InChI=1S/C20H23ClN2O3/c1-14-11-18(19(26-3)12-17(14)21)22-20(25)9-10-23(15(2)24)13-16-7-5-4-6-8-16/h4-8,11-12H,9-10,13H2,1-3H3,(H,22,25). The van der Waals surface area contributed by atoms with Crippen LogP contribution in [0, 0.1) is 6.92 Å². The van der Waals surface area contributed by atoms with Gasteiger partial charge in [0.15, 0.2) is 0 Å². The summed E-state index contributed by atoms with van der Waals surface area (Å²) in [6.07, 6.45) is 0.192. The highest BCUT2D eigenvalue weighted by Gasteiger charge is 2.14. The molecule has 26 heavy (non-hydrogen) atoms. The number of ether oxygens (including phenoxy) is 1. The smallest absolute Gasteiger partial charge is 0.226 e. The molecule has 2 aromatic carbocycles. The largest absolute Gasteiger partial charge is 0.495 e. The first-order valence-corrected chi connectivity index (χ1v) is 8.72. The van der Waals surface area contributed by atoms with Gasteiger partial charge in [-0.25, -0.2) is 0 Å². The van der Waals surface area contributed by atoms with Gasteiger partial charge in [-0.1, -0.05) is 41.9 Å². The highest BCUT2D eigenvalue weighted by molar-refractivity contribution is 6.31. The highest BCUT2D eigenvalue weighted by atomic mass is 35.5. The number of nitrogens with one attached hydrogen (secondary N) is 1. The van der Waals surface area contributed by atoms with E-state index in [-0.39, 0.29) is 18.2 Å². The molecule has 0 aliphatic carbocycles. The Kier molecular flexibility index (Phi) is 7.04. The SMILES string of the molecule is COc1cc(Cl)c(C)cc1NC(=O)CCN(Cc1ccccc1)C(C)=O. The van der Waals surface area contributed by atoms with Crippen molar-refractivity contribution < 1.29 is 14.3 Å². The van der Waals surface area contributed by atoms with Gasteiger partial charge in [0.1, 0.15) is 5.75 Å². The van der Waals surface area contributed by atoms with Crippen LogP contribution in [0.2, 0.25) is 5.02 Å². The van der Waals surface area contributed by atoms with E-state index in [0.717, 1.165) is 11.1 Å². The molecule has 5 nitrogen and oxygen atoms in total. The number of hydrogen-bond donors (Lipinski definition) is 1. The van der Waals surface area contributed by atoms with Gasteiger partial charge in [0.25, 0.3) is 0 Å². The van der Waals surface area contributed by atoms with Crippen LogP contribution in [0.4, 0.5) is 5.69 Å². The Morgan fingerprint density at radius 2 is 1.88 bits per heavy atom. The number of nitrogens with zero attached hydrogens (tertiary/aromatic N) is 1. The van der Waals surface area contributed by atoms with Crippen LogP contribution in [0.5, 0.6) is 5.75 Å². The molecule has 2 aromatic rings. The summed E-state index contributed by atoms with van der Waals surface area (Å²) in [5.41, 5.74) is 2.44. The zero-order valence-electron chi connectivity index (χ0n) is 15.2. The molecule has 2 rings (SSSR count). The van der Waals surface area contributed by atoms with Crippen molar-refractivity contribution in [2.75, 3.05) is 19.0 Å². The Morgan fingerprint density at radius 3 is 2.50 bits per heavy atom. The van der Waals surface area contributed by atoms with Crippen molar-refractivity contribution in [2.24, 2.45) is 0 Å². The molecule has 0 fully saturated rings. The maximum absolute atomic E-state index is 12.3. The van der Waals surface area contributed by atoms with Gasteiger partial charge in [-0.2, -0.15) is 0 Å². The molecular weight excluding hydrogens is 352 g/mol. The number of methoxy groups -OCH3 is 1. The molecule has 2 amide bonds. The fourth-order valence-corrected chi connectivity index (χ4v) is 2.68. The average molecular weight is 375 g/mol. The van der Waals surface area contributed by atoms with E-state index in [4.69, 9.17) is 16.3 Å². The molecule has 0 radical (unpaired) electrons. The predicted octanol–water partition coefficient (Wildman–Crippen LogP) is 4.03. The van der Waals surface area contributed by atoms with Crippen molar-refractivity contribution in [3.8, 4) is 5.75 Å². The first-order chi connectivity index (χ1) is 12.4. The van der Waals surface area contributed by atoms with Crippen molar-refractivity contribution in [1.29, 1.82) is 0 Å². The van der Waals surface area contributed by atoms with Crippen molar-refractivity contribution >= 4 is 29.1 Å². The third-order valence-electron chi connectivity index (χ3n) is 4.03. The predicted molar refractivity (Wildman–Crippen MR) is 104 cm³/mol. The minimum atomic E-state index is -0.190. The van der Waals surface area contributed by atoms with Gasteiger partial charge < -0.3 is 15.0 Å². The third-order valence-corrected chi connectivity index (χ3v) is 4.43. The molecule has 0 spiro atoms. The molecule has 0 aromatic heterocycles. The van der Waals surface area contributed by atoms with E-state index in [1.807, 2.05) is 37.3 Å². The summed E-state index contributed by atoms with van der Waals surface area (Å²) in [7, 11) is 1.52. The van der Waals surface area contributed by atoms with Gasteiger partial charge in [-0.3, -0.25) is 9.59 Å². The summed E-state index contributed by atoms with van der Waals surface area (Å²) >= 11 is 6.08. The zero-order chi connectivity index (χ0) is 19.1. The molecule has 0 atom stereocenters. The number of carbonyl (C=O) groups excluding carboxylic acids is 2. The molecule has 0 saturated carbocycles. The number of aryl methyl sites for hydroxylation is 1. The summed E-state index contributed by atoms with van der Waals surface area (Å²) in [4.78, 5) is 25.8. The summed E-state index contributed by atoms with van der Waals surface area (Å²) in [5, 5.41) is 3.40. The number of rotatable bonds is 7. The molecule has 138 valence electrons. The summed E-state index contributed by atoms with van der Waals surface area (Å²) in [5.74, 6) is 0.243. The van der Waals surface area contributed by atoms with Crippen LogP contribution in [0.1, 0.15) is 24.5 Å². The molecule has 0 unspecified atom stereocenters. The number of anilines is 1. The van der Waals surface area contributed by atoms with Crippen molar-refractivity contribution in [3.63, 3.8) is 0 Å². The maximum Gasteiger partial charge on any atom is 0.226 e. The van der Waals surface area contributed by atoms with Crippen LogP contribution in [0.15, 0.2) is 42.5 Å². The molecule has 1 N–H and O–H groups in total. The van der Waals surface area contributed by atoms with Crippen LogP contribution in [0.3, 0.4) is 0 Å². The summed E-state index contributed by atoms with van der Waals surface area (Å²) in [6, 6.07) is 13.1.